The van der Waals surface area contributed by atoms with Crippen molar-refractivity contribution in [1.29, 1.82) is 0 Å². The zero-order valence-corrected chi connectivity index (χ0v) is 4.65. The average Bonchev–Trinajstić information content (AvgIpc) is 1.69. The smallest absolute Gasteiger partial charge is 0.230 e. The Morgan fingerprint density at radius 2 is 2.57 bits per heavy atom. The molecule has 0 aromatic heterocycles. The highest BCUT2D eigenvalue weighted by Gasteiger charge is 2.04. The summed E-state index contributed by atoms with van der Waals surface area (Å²) in [6.45, 7) is 0.825. The zero-order chi connectivity index (χ0) is 5.11. The van der Waals surface area contributed by atoms with Gasteiger partial charge in [0.2, 0.25) is 6.54 Å². The van der Waals surface area contributed by atoms with E-state index in [1.54, 1.807) is 6.26 Å². The van der Waals surface area contributed by atoms with Crippen LogP contribution in [0.5, 0.6) is 0 Å². The van der Waals surface area contributed by atoms with Crippen molar-refractivity contribution in [2.45, 2.75) is 6.42 Å². The summed E-state index contributed by atoms with van der Waals surface area (Å²) in [7, 11) is 0. The van der Waals surface area contributed by atoms with Crippen molar-refractivity contribution < 1.29 is 8.95 Å². The van der Waals surface area contributed by atoms with Gasteiger partial charge in [0.15, 0.2) is 6.26 Å². The van der Waals surface area contributed by atoms with Gasteiger partial charge in [0.25, 0.3) is 0 Å². The molecule has 0 unspecified atom stereocenters. The number of hydrogen-bond donors (Lipinski definition) is 0. The molecule has 0 aromatic rings. The Morgan fingerprint density at radius 3 is 2.86 bits per heavy atom. The van der Waals surface area contributed by atoms with Crippen molar-refractivity contribution in [2.75, 3.05) is 6.54 Å². The van der Waals surface area contributed by atoms with Gasteiger partial charge in [0.1, 0.15) is 0 Å². The van der Waals surface area contributed by atoms with E-state index in [0.717, 1.165) is 13.0 Å². The summed E-state index contributed by atoms with van der Waals surface area (Å²) in [4.78, 5) is 4.75. The monoisotopic (exact) mass is 116 g/mol. The first-order valence-electron chi connectivity index (χ1n) is 2.16. The van der Waals surface area contributed by atoms with E-state index < -0.39 is 0 Å². The number of hydrogen-bond acceptors (Lipinski definition) is 2. The summed E-state index contributed by atoms with van der Waals surface area (Å²) in [5.74, 6) is 0. The molecule has 0 N–H and O–H groups in total. The van der Waals surface area contributed by atoms with Crippen LogP contribution in [0.3, 0.4) is 0 Å². The molecule has 38 valence electrons. The van der Waals surface area contributed by atoms with Crippen LogP contribution < -0.4 is 0 Å². The zero-order valence-electron chi connectivity index (χ0n) is 3.83. The van der Waals surface area contributed by atoms with Crippen LogP contribution in [0.4, 0.5) is 0 Å². The Kier molecular flexibility index (Phi) is 1.36. The molecule has 0 aliphatic carbocycles. The molecule has 7 heavy (non-hydrogen) atoms. The van der Waals surface area contributed by atoms with E-state index in [1.807, 2.05) is 6.08 Å². The first kappa shape index (κ1) is 4.71. The van der Waals surface area contributed by atoms with Crippen molar-refractivity contribution >= 4 is 12.4 Å². The molecule has 1 aliphatic rings. The maximum Gasteiger partial charge on any atom is 0.320 e. The Balaban J connectivity index is 2.47. The molecule has 3 heteroatoms. The summed E-state index contributed by atoms with van der Waals surface area (Å²) in [5.41, 5.74) is 0. The highest BCUT2D eigenvalue weighted by atomic mass is 32.1. The van der Waals surface area contributed by atoms with Crippen LogP contribution >= 0.6 is 0 Å². The van der Waals surface area contributed by atoms with Gasteiger partial charge in [0, 0.05) is 6.42 Å². The van der Waals surface area contributed by atoms with E-state index in [2.05, 4.69) is 12.4 Å². The lowest BCUT2D eigenvalue weighted by atomic mass is 10.4. The molecule has 0 saturated carbocycles. The lowest BCUT2D eigenvalue weighted by molar-refractivity contribution is -0.749. The summed E-state index contributed by atoms with van der Waals surface area (Å²) in [6, 6.07) is 0. The minimum atomic E-state index is 0.825. The van der Waals surface area contributed by atoms with E-state index in [0.29, 0.717) is 0 Å². The van der Waals surface area contributed by atoms with Crippen molar-refractivity contribution in [3.63, 3.8) is 0 Å². The fraction of sp³-hybridized carbons (Fsp3) is 0.500. The molecule has 0 aromatic carbocycles. The molecule has 0 spiro atoms. The number of nitrogens with zero attached hydrogens (tertiary/aromatic N) is 1. The fourth-order valence-electron chi connectivity index (χ4n) is 0.412. The minimum absolute atomic E-state index is 0.825. The highest BCUT2D eigenvalue weighted by molar-refractivity contribution is 7.44. The van der Waals surface area contributed by atoms with Gasteiger partial charge in [-0.3, -0.25) is 0 Å². The van der Waals surface area contributed by atoms with Crippen LogP contribution in [-0.2, 0) is 17.3 Å². The molecule has 0 radical (unpaired) electrons. The maximum atomic E-state index is 4.75. The summed E-state index contributed by atoms with van der Waals surface area (Å²) >= 11 is 4.65. The largest absolute Gasteiger partial charge is 0.320 e. The van der Waals surface area contributed by atoms with Crippen LogP contribution in [0, 0.1) is 0 Å². The van der Waals surface area contributed by atoms with Gasteiger partial charge >= 0.3 is 12.4 Å². The normalized spacial score (nSPS) is 19.1. The number of rotatable bonds is 0. The standard InChI is InChI=1S/C4H6NOS/c7-5-3-1-2-4-6-5/h2,4H,1,3H2/q+1. The highest BCUT2D eigenvalue weighted by Crippen LogP contribution is 1.93. The predicted molar refractivity (Wildman–Crippen MR) is 27.3 cm³/mol. The van der Waals surface area contributed by atoms with E-state index in [4.69, 9.17) is 4.84 Å². The molecule has 2 nitrogen and oxygen atoms in total. The third-order valence-electron chi connectivity index (χ3n) is 0.753. The van der Waals surface area contributed by atoms with Gasteiger partial charge in [-0.1, -0.05) is 0 Å². The van der Waals surface area contributed by atoms with Crippen LogP contribution in [0.2, 0.25) is 0 Å². The second-order valence-electron chi connectivity index (χ2n) is 1.32. The van der Waals surface area contributed by atoms with Crippen LogP contribution in [0.1, 0.15) is 6.42 Å². The third-order valence-corrected chi connectivity index (χ3v) is 1.02. The minimum Gasteiger partial charge on any atom is -0.230 e. The Morgan fingerprint density at radius 1 is 1.71 bits per heavy atom. The van der Waals surface area contributed by atoms with Crippen molar-refractivity contribution in [2.24, 2.45) is 0 Å². The number of hydroxylamine groups is 1. The van der Waals surface area contributed by atoms with Crippen molar-refractivity contribution in [3.8, 4) is 0 Å². The van der Waals surface area contributed by atoms with Gasteiger partial charge < -0.3 is 0 Å². The van der Waals surface area contributed by atoms with E-state index in [-0.39, 0.29) is 0 Å². The molecule has 0 atom stereocenters. The van der Waals surface area contributed by atoms with Crippen LogP contribution in [0.15, 0.2) is 12.3 Å². The molecule has 1 aliphatic heterocycles. The van der Waals surface area contributed by atoms with Crippen molar-refractivity contribution in [1.82, 2.24) is 0 Å². The van der Waals surface area contributed by atoms with Crippen LogP contribution in [0.25, 0.3) is 0 Å². The first-order valence-corrected chi connectivity index (χ1v) is 2.52. The van der Waals surface area contributed by atoms with Gasteiger partial charge in [-0.2, -0.15) is 0 Å². The van der Waals surface area contributed by atoms with Gasteiger partial charge in [-0.05, 0) is 6.08 Å². The molecule has 0 bridgehead atoms. The first-order chi connectivity index (χ1) is 3.39. The van der Waals surface area contributed by atoms with E-state index in [9.17, 15) is 0 Å². The summed E-state index contributed by atoms with van der Waals surface area (Å²) in [6.07, 6.45) is 4.56. The van der Waals surface area contributed by atoms with Gasteiger partial charge in [-0.15, -0.1) is 0 Å². The Hall–Kier alpha value is -0.440. The molecular formula is C4H6NOS+. The second kappa shape index (κ2) is 2.02. The Bertz CT molecular complexity index is 110. The topological polar surface area (TPSA) is 12.2 Å². The molecular weight excluding hydrogens is 110 g/mol. The molecule has 1 rings (SSSR count). The van der Waals surface area contributed by atoms with E-state index >= 15 is 0 Å². The average molecular weight is 116 g/mol. The Labute approximate surface area is 47.5 Å². The summed E-state index contributed by atoms with van der Waals surface area (Å²) < 4.78 is 1.39. The predicted octanol–water partition coefficient (Wildman–Crippen LogP) is 0.578. The quantitative estimate of drug-likeness (QED) is 0.429. The summed E-state index contributed by atoms with van der Waals surface area (Å²) in [5, 5.41) is 0. The van der Waals surface area contributed by atoms with Crippen LogP contribution in [-0.4, -0.2) is 10.7 Å². The lowest BCUT2D eigenvalue weighted by Crippen LogP contribution is -2.09. The second-order valence-corrected chi connectivity index (χ2v) is 1.73. The van der Waals surface area contributed by atoms with Gasteiger partial charge in [-0.25, -0.2) is 4.84 Å². The molecule has 0 amide bonds. The van der Waals surface area contributed by atoms with E-state index in [1.165, 1.54) is 4.11 Å². The third kappa shape index (κ3) is 1.23. The molecule has 0 saturated heterocycles. The fourth-order valence-corrected chi connectivity index (χ4v) is 0.567. The van der Waals surface area contributed by atoms with Gasteiger partial charge in [0.05, 0.1) is 4.11 Å². The lowest BCUT2D eigenvalue weighted by Gasteiger charge is -1.94. The molecule has 1 heterocycles. The maximum absolute atomic E-state index is 4.75. The molecule has 0 fully saturated rings. The van der Waals surface area contributed by atoms with Crippen molar-refractivity contribution in [3.05, 3.63) is 12.3 Å². The SMILES string of the molecule is S=[N+]1CCC=CO1.